The smallest absolute Gasteiger partial charge is 0.359 e. The van der Waals surface area contributed by atoms with Crippen LogP contribution < -0.4 is 0 Å². The summed E-state index contributed by atoms with van der Waals surface area (Å²) < 4.78 is 23.2. The SMILES string of the molecule is Cn1cnc(C(=O)O[C@]2(C(=O)S)CC[C@H]3[C@@H]4CCC5=Cc6c(cnn6-c6ccc(F)cc6)C[C@]5(C)[C@H]4[C@@H](O)C[C@@]32C)c1. The Kier molecular flexibility index (Phi) is 6.16. The number of halogens is 1. The van der Waals surface area contributed by atoms with Crippen molar-refractivity contribution in [3.8, 4) is 5.69 Å². The molecule has 0 spiro atoms. The molecule has 4 aliphatic rings. The van der Waals surface area contributed by atoms with Crippen molar-refractivity contribution in [2.45, 2.75) is 64.1 Å². The number of thiol groups is 1. The first-order valence-corrected chi connectivity index (χ1v) is 15.1. The molecule has 0 radical (unpaired) electrons. The standard InChI is InChI=1S/C32H35FN4O4S/c1-30-13-18-15-35-37(21-7-5-20(33)6-8-21)25(18)12-19(30)4-9-22-23-10-11-32(29(40)42,31(23,2)14-26(38)27(22)30)41-28(39)24-16-36(3)17-34-24/h5-8,12,15-17,22-23,26-27,38H,4,9-11,13-14H2,1-3H3,(H,40,42)/t22-,23-,26-,27+,30-,31-,32-/m0/s1. The van der Waals surface area contributed by atoms with E-state index in [1.807, 2.05) is 17.8 Å². The van der Waals surface area contributed by atoms with Crippen LogP contribution in [0, 0.1) is 34.4 Å². The number of carbonyl (C=O) groups excluding carboxylic acids is 2. The van der Waals surface area contributed by atoms with Crippen molar-refractivity contribution in [3.05, 3.63) is 71.3 Å². The number of ether oxygens (including phenoxy) is 1. The van der Waals surface area contributed by atoms with Gasteiger partial charge in [0.25, 0.3) is 0 Å². The maximum absolute atomic E-state index is 13.6. The molecular formula is C32H35FN4O4S. The van der Waals surface area contributed by atoms with Crippen LogP contribution in [0.15, 0.2) is 48.6 Å². The Balaban J connectivity index is 1.22. The van der Waals surface area contributed by atoms with Gasteiger partial charge >= 0.3 is 5.97 Å². The number of hydrogen-bond acceptors (Lipinski definition) is 6. The fraction of sp³-hybridized carbons (Fsp3) is 0.500. The molecule has 3 saturated carbocycles. The first-order valence-electron chi connectivity index (χ1n) is 14.6. The number of rotatable bonds is 4. The second-order valence-corrected chi connectivity index (χ2v) is 13.6. The van der Waals surface area contributed by atoms with E-state index in [-0.39, 0.29) is 34.7 Å². The molecule has 7 rings (SSSR count). The number of carbonyl (C=O) groups is 2. The van der Waals surface area contributed by atoms with Gasteiger partial charge in [0, 0.05) is 18.7 Å². The van der Waals surface area contributed by atoms with Crippen molar-refractivity contribution < 1.29 is 23.8 Å². The molecule has 4 aliphatic carbocycles. The third-order valence-corrected chi connectivity index (χ3v) is 11.5. The minimum absolute atomic E-state index is 0.0183. The van der Waals surface area contributed by atoms with Gasteiger partial charge in [-0.25, -0.2) is 18.9 Å². The molecular weight excluding hydrogens is 555 g/mol. The maximum atomic E-state index is 13.6. The number of imidazole rings is 1. The van der Waals surface area contributed by atoms with Gasteiger partial charge in [0.05, 0.1) is 30.0 Å². The molecule has 0 saturated heterocycles. The number of hydrogen-bond donors (Lipinski definition) is 2. The molecule has 0 unspecified atom stereocenters. The van der Waals surface area contributed by atoms with E-state index < -0.39 is 28.2 Å². The summed E-state index contributed by atoms with van der Waals surface area (Å²) in [5.74, 6) is -0.715. The zero-order valence-corrected chi connectivity index (χ0v) is 24.9. The molecule has 3 aromatic rings. The summed E-state index contributed by atoms with van der Waals surface area (Å²) in [5, 5.41) is 16.2. The van der Waals surface area contributed by atoms with Crippen molar-refractivity contribution in [1.82, 2.24) is 19.3 Å². The number of aliphatic hydroxyl groups excluding tert-OH is 1. The highest BCUT2D eigenvalue weighted by Gasteiger charge is 2.70. The summed E-state index contributed by atoms with van der Waals surface area (Å²) in [6, 6.07) is 6.34. The van der Waals surface area contributed by atoms with E-state index in [0.29, 0.717) is 12.8 Å². The molecule has 0 amide bonds. The third kappa shape index (κ3) is 3.76. The average molecular weight is 591 g/mol. The van der Waals surface area contributed by atoms with Crippen LogP contribution in [0.4, 0.5) is 4.39 Å². The fourth-order valence-corrected chi connectivity index (χ4v) is 9.66. The zero-order chi connectivity index (χ0) is 29.6. The van der Waals surface area contributed by atoms with Crippen molar-refractivity contribution in [2.75, 3.05) is 0 Å². The highest BCUT2D eigenvalue weighted by atomic mass is 32.1. The summed E-state index contributed by atoms with van der Waals surface area (Å²) >= 11 is 4.29. The Labute approximate surface area is 249 Å². The van der Waals surface area contributed by atoms with Gasteiger partial charge in [-0.1, -0.05) is 19.4 Å². The van der Waals surface area contributed by atoms with Gasteiger partial charge in [-0.3, -0.25) is 4.79 Å². The molecule has 10 heteroatoms. The monoisotopic (exact) mass is 590 g/mol. The van der Waals surface area contributed by atoms with E-state index in [0.717, 1.165) is 42.6 Å². The molecule has 2 heterocycles. The molecule has 2 aromatic heterocycles. The Morgan fingerprint density at radius 3 is 2.64 bits per heavy atom. The summed E-state index contributed by atoms with van der Waals surface area (Å²) in [7, 11) is 1.77. The summed E-state index contributed by atoms with van der Waals surface area (Å²) in [5.41, 5.74) is 1.86. The van der Waals surface area contributed by atoms with Gasteiger partial charge in [-0.05, 0) is 97.6 Å². The Morgan fingerprint density at radius 1 is 1.19 bits per heavy atom. The van der Waals surface area contributed by atoms with Gasteiger partial charge in [-0.2, -0.15) is 5.10 Å². The number of fused-ring (bicyclic) bond motifs is 6. The lowest BCUT2D eigenvalue weighted by Gasteiger charge is -2.60. The van der Waals surface area contributed by atoms with Crippen LogP contribution in [-0.4, -0.2) is 47.2 Å². The second-order valence-electron chi connectivity index (χ2n) is 13.2. The fourth-order valence-electron chi connectivity index (χ4n) is 9.25. The molecule has 0 aliphatic heterocycles. The molecule has 42 heavy (non-hydrogen) atoms. The van der Waals surface area contributed by atoms with E-state index >= 15 is 0 Å². The van der Waals surface area contributed by atoms with E-state index in [1.54, 1.807) is 29.9 Å². The minimum atomic E-state index is -1.44. The van der Waals surface area contributed by atoms with Gasteiger partial charge in [-0.15, -0.1) is 12.6 Å². The van der Waals surface area contributed by atoms with Crippen molar-refractivity contribution in [3.63, 3.8) is 0 Å². The van der Waals surface area contributed by atoms with Crippen LogP contribution in [0.1, 0.15) is 67.7 Å². The number of aromatic nitrogens is 4. The molecule has 3 fully saturated rings. The zero-order valence-electron chi connectivity index (χ0n) is 24.0. The molecule has 0 bridgehead atoms. The lowest BCUT2D eigenvalue weighted by Crippen LogP contribution is -2.62. The average Bonchev–Trinajstić information content (AvgIpc) is 3.63. The van der Waals surface area contributed by atoms with Gasteiger partial charge < -0.3 is 14.4 Å². The van der Waals surface area contributed by atoms with Crippen LogP contribution in [0.25, 0.3) is 11.8 Å². The Bertz CT molecular complexity index is 1630. The minimum Gasteiger partial charge on any atom is -0.445 e. The van der Waals surface area contributed by atoms with Crippen molar-refractivity contribution in [2.24, 2.45) is 35.6 Å². The van der Waals surface area contributed by atoms with Crippen LogP contribution >= 0.6 is 12.6 Å². The number of aliphatic hydroxyl groups is 1. The Morgan fingerprint density at radius 2 is 1.95 bits per heavy atom. The van der Waals surface area contributed by atoms with Gasteiger partial charge in [0.1, 0.15) is 5.82 Å². The lowest BCUT2D eigenvalue weighted by atomic mass is 9.45. The van der Waals surface area contributed by atoms with E-state index in [4.69, 9.17) is 4.74 Å². The number of benzene rings is 1. The highest BCUT2D eigenvalue weighted by molar-refractivity contribution is 7.96. The van der Waals surface area contributed by atoms with Crippen molar-refractivity contribution in [1.29, 1.82) is 0 Å². The van der Waals surface area contributed by atoms with Gasteiger partial charge in [0.2, 0.25) is 5.12 Å². The maximum Gasteiger partial charge on any atom is 0.359 e. The first-order chi connectivity index (χ1) is 20.0. The van der Waals surface area contributed by atoms with Crippen LogP contribution in [0.3, 0.4) is 0 Å². The van der Waals surface area contributed by atoms with Crippen LogP contribution in [0.5, 0.6) is 0 Å². The second kappa shape index (κ2) is 9.38. The molecule has 1 aromatic carbocycles. The van der Waals surface area contributed by atoms with Gasteiger partial charge in [0.15, 0.2) is 11.3 Å². The van der Waals surface area contributed by atoms with Crippen LogP contribution in [-0.2, 0) is 23.0 Å². The number of allylic oxidation sites excluding steroid dienone is 1. The highest BCUT2D eigenvalue weighted by Crippen LogP contribution is 2.68. The predicted molar refractivity (Wildman–Crippen MR) is 156 cm³/mol. The van der Waals surface area contributed by atoms with E-state index in [1.165, 1.54) is 24.0 Å². The van der Waals surface area contributed by atoms with E-state index in [9.17, 15) is 19.1 Å². The molecule has 7 atom stereocenters. The topological polar surface area (TPSA) is 99.2 Å². The number of esters is 1. The Hall–Kier alpha value is -3.24. The lowest BCUT2D eigenvalue weighted by molar-refractivity contribution is -0.174. The van der Waals surface area contributed by atoms with E-state index in [2.05, 4.69) is 35.7 Å². The largest absolute Gasteiger partial charge is 0.445 e. The molecule has 220 valence electrons. The molecule has 1 N–H and O–H groups in total. The quantitative estimate of drug-likeness (QED) is 0.330. The third-order valence-electron chi connectivity index (χ3n) is 11.1. The summed E-state index contributed by atoms with van der Waals surface area (Å²) in [6.45, 7) is 4.26. The van der Waals surface area contributed by atoms with Crippen molar-refractivity contribution >= 4 is 29.8 Å². The summed E-state index contributed by atoms with van der Waals surface area (Å²) in [4.78, 5) is 30.6. The van der Waals surface area contributed by atoms with Crippen LogP contribution in [0.2, 0.25) is 0 Å². The predicted octanol–water partition coefficient (Wildman–Crippen LogP) is 4.95. The number of aryl methyl sites for hydroxylation is 1. The first kappa shape index (κ1) is 27.6. The summed E-state index contributed by atoms with van der Waals surface area (Å²) in [6.07, 6.45) is 10.4. The molecule has 8 nitrogen and oxygen atoms in total. The normalized spacial score (nSPS) is 35.0. The number of nitrogens with zero attached hydrogens (tertiary/aromatic N) is 4.